The molecule has 0 bridgehead atoms. The lowest BCUT2D eigenvalue weighted by molar-refractivity contribution is -0.274. The molecule has 4 nitrogen and oxygen atoms in total. The minimum atomic E-state index is -4.82. The first kappa shape index (κ1) is 17.8. The molecule has 1 amide bonds. The van der Waals surface area contributed by atoms with Gasteiger partial charge in [0.05, 0.1) is 5.69 Å². The molecule has 0 aromatic heterocycles. The molecule has 1 rings (SSSR count). The van der Waals surface area contributed by atoms with Crippen molar-refractivity contribution < 1.29 is 22.7 Å². The maximum Gasteiger partial charge on any atom is 0.573 e. The Hall–Kier alpha value is -1.28. The summed E-state index contributed by atoms with van der Waals surface area (Å²) in [6.45, 7) is 4.30. The number of ether oxygens (including phenoxy) is 1. The molecule has 2 N–H and O–H groups in total. The van der Waals surface area contributed by atoms with Crippen molar-refractivity contribution in [2.24, 2.45) is 0 Å². The van der Waals surface area contributed by atoms with Crippen LogP contribution >= 0.6 is 15.9 Å². The molecule has 0 atom stereocenters. The predicted octanol–water partition coefficient (Wildman–Crippen LogP) is 3.67. The van der Waals surface area contributed by atoms with Crippen LogP contribution in [0.4, 0.5) is 18.9 Å². The topological polar surface area (TPSA) is 50.4 Å². The molecule has 0 aliphatic rings. The first-order valence-electron chi connectivity index (χ1n) is 6.26. The van der Waals surface area contributed by atoms with E-state index >= 15 is 0 Å². The van der Waals surface area contributed by atoms with E-state index in [1.54, 1.807) is 0 Å². The standard InChI is InChI=1S/C13H16BrF3N2O2/c1-8(2)18-6-5-12(20)19-10-4-3-9(14)7-11(10)21-13(15,16)17/h3-4,7-8,18H,5-6H2,1-2H3,(H,19,20). The Kier molecular flexibility index (Phi) is 6.47. The van der Waals surface area contributed by atoms with Crippen molar-refractivity contribution in [2.75, 3.05) is 11.9 Å². The summed E-state index contributed by atoms with van der Waals surface area (Å²) in [5.41, 5.74) is -0.0231. The smallest absolute Gasteiger partial charge is 0.404 e. The van der Waals surface area contributed by atoms with Crippen molar-refractivity contribution in [2.45, 2.75) is 32.7 Å². The summed E-state index contributed by atoms with van der Waals surface area (Å²) < 4.78 is 41.3. The molecule has 0 radical (unpaired) electrons. The molecule has 0 saturated heterocycles. The zero-order valence-electron chi connectivity index (χ0n) is 11.6. The van der Waals surface area contributed by atoms with Crippen LogP contribution in [0.25, 0.3) is 0 Å². The Balaban J connectivity index is 2.71. The van der Waals surface area contributed by atoms with Crippen molar-refractivity contribution in [3.05, 3.63) is 22.7 Å². The number of anilines is 1. The van der Waals surface area contributed by atoms with Gasteiger partial charge < -0.3 is 15.4 Å². The van der Waals surface area contributed by atoms with Crippen LogP contribution in [-0.2, 0) is 4.79 Å². The van der Waals surface area contributed by atoms with Crippen LogP contribution in [-0.4, -0.2) is 24.9 Å². The summed E-state index contributed by atoms with van der Waals surface area (Å²) in [5, 5.41) is 5.45. The largest absolute Gasteiger partial charge is 0.573 e. The third kappa shape index (κ3) is 7.33. The molecule has 0 spiro atoms. The molecule has 0 unspecified atom stereocenters. The van der Waals surface area contributed by atoms with E-state index in [9.17, 15) is 18.0 Å². The summed E-state index contributed by atoms with van der Waals surface area (Å²) in [6, 6.07) is 4.24. The van der Waals surface area contributed by atoms with Crippen molar-refractivity contribution in [3.8, 4) is 5.75 Å². The quantitative estimate of drug-likeness (QED) is 0.805. The molecule has 0 saturated carbocycles. The highest BCUT2D eigenvalue weighted by Gasteiger charge is 2.32. The number of carbonyl (C=O) groups excluding carboxylic acids is 1. The average Bonchev–Trinajstić information content (AvgIpc) is 2.30. The van der Waals surface area contributed by atoms with Crippen molar-refractivity contribution in [1.29, 1.82) is 0 Å². The summed E-state index contributed by atoms with van der Waals surface area (Å²) >= 11 is 3.06. The minimum Gasteiger partial charge on any atom is -0.404 e. The highest BCUT2D eigenvalue weighted by atomic mass is 79.9. The Morgan fingerprint density at radius 1 is 1.38 bits per heavy atom. The lowest BCUT2D eigenvalue weighted by Gasteiger charge is -2.14. The molecule has 1 aromatic carbocycles. The number of hydrogen-bond donors (Lipinski definition) is 2. The van der Waals surface area contributed by atoms with Gasteiger partial charge in [0.2, 0.25) is 5.91 Å². The number of halogens is 4. The summed E-state index contributed by atoms with van der Waals surface area (Å²) in [4.78, 5) is 11.7. The fourth-order valence-electron chi connectivity index (χ4n) is 1.50. The summed E-state index contributed by atoms with van der Waals surface area (Å²) in [5.74, 6) is -0.848. The van der Waals surface area contributed by atoms with Crippen LogP contribution in [0.1, 0.15) is 20.3 Å². The Bertz CT molecular complexity index is 493. The van der Waals surface area contributed by atoms with E-state index in [4.69, 9.17) is 0 Å². The highest BCUT2D eigenvalue weighted by molar-refractivity contribution is 9.10. The van der Waals surface area contributed by atoms with E-state index in [1.165, 1.54) is 12.1 Å². The van der Waals surface area contributed by atoms with Gasteiger partial charge in [-0.25, -0.2) is 0 Å². The van der Waals surface area contributed by atoms with E-state index in [1.807, 2.05) is 13.8 Å². The van der Waals surface area contributed by atoms with Gasteiger partial charge in [-0.2, -0.15) is 0 Å². The normalized spacial score (nSPS) is 11.6. The Morgan fingerprint density at radius 2 is 2.05 bits per heavy atom. The van der Waals surface area contributed by atoms with Gasteiger partial charge in [0, 0.05) is 23.5 Å². The van der Waals surface area contributed by atoms with E-state index in [0.29, 0.717) is 11.0 Å². The average molecular weight is 369 g/mol. The Morgan fingerprint density at radius 3 is 2.62 bits per heavy atom. The molecule has 0 fully saturated rings. The van der Waals surface area contributed by atoms with Crippen molar-refractivity contribution in [1.82, 2.24) is 5.32 Å². The number of nitrogens with one attached hydrogen (secondary N) is 2. The molecular weight excluding hydrogens is 353 g/mol. The second-order valence-corrected chi connectivity index (χ2v) is 5.51. The summed E-state index contributed by atoms with van der Waals surface area (Å²) in [7, 11) is 0. The van der Waals surface area contributed by atoms with Gasteiger partial charge >= 0.3 is 6.36 Å². The second kappa shape index (κ2) is 7.65. The van der Waals surface area contributed by atoms with E-state index < -0.39 is 18.0 Å². The third-order valence-corrected chi connectivity index (χ3v) is 2.84. The number of carbonyl (C=O) groups is 1. The van der Waals surface area contributed by atoms with E-state index in [2.05, 4.69) is 31.3 Å². The van der Waals surface area contributed by atoms with Gasteiger partial charge in [-0.1, -0.05) is 29.8 Å². The van der Waals surface area contributed by atoms with Crippen molar-refractivity contribution in [3.63, 3.8) is 0 Å². The van der Waals surface area contributed by atoms with E-state index in [-0.39, 0.29) is 18.2 Å². The maximum absolute atomic E-state index is 12.3. The van der Waals surface area contributed by atoms with Crippen LogP contribution in [0.2, 0.25) is 0 Å². The van der Waals surface area contributed by atoms with Gasteiger partial charge in [-0.3, -0.25) is 4.79 Å². The SMILES string of the molecule is CC(C)NCCC(=O)Nc1ccc(Br)cc1OC(F)(F)F. The van der Waals surface area contributed by atoms with Crippen LogP contribution < -0.4 is 15.4 Å². The van der Waals surface area contributed by atoms with E-state index in [0.717, 1.165) is 6.07 Å². The van der Waals surface area contributed by atoms with Gasteiger partial charge in [-0.15, -0.1) is 13.2 Å². The predicted molar refractivity (Wildman–Crippen MR) is 77.2 cm³/mol. The number of amides is 1. The van der Waals surface area contributed by atoms with Crippen molar-refractivity contribution >= 4 is 27.5 Å². The number of rotatable bonds is 6. The molecule has 0 aliphatic carbocycles. The van der Waals surface area contributed by atoms with Gasteiger partial charge in [-0.05, 0) is 18.2 Å². The minimum absolute atomic E-state index is 0.0231. The second-order valence-electron chi connectivity index (χ2n) is 4.60. The molecule has 118 valence electrons. The Labute approximate surface area is 129 Å². The van der Waals surface area contributed by atoms with Gasteiger partial charge in [0.15, 0.2) is 5.75 Å². The monoisotopic (exact) mass is 368 g/mol. The van der Waals surface area contributed by atoms with Crippen LogP contribution in [0.15, 0.2) is 22.7 Å². The fraction of sp³-hybridized carbons (Fsp3) is 0.462. The maximum atomic E-state index is 12.3. The summed E-state index contributed by atoms with van der Waals surface area (Å²) in [6.07, 6.45) is -4.67. The molecular formula is C13H16BrF3N2O2. The lowest BCUT2D eigenvalue weighted by Crippen LogP contribution is -2.27. The highest BCUT2D eigenvalue weighted by Crippen LogP contribution is 2.32. The first-order valence-corrected chi connectivity index (χ1v) is 7.05. The first-order chi connectivity index (χ1) is 9.67. The van der Waals surface area contributed by atoms with Crippen LogP contribution in [0, 0.1) is 0 Å². The number of benzene rings is 1. The number of alkyl halides is 3. The molecule has 8 heteroatoms. The van der Waals surface area contributed by atoms with Crippen LogP contribution in [0.5, 0.6) is 5.75 Å². The van der Waals surface area contributed by atoms with Crippen LogP contribution in [0.3, 0.4) is 0 Å². The van der Waals surface area contributed by atoms with Gasteiger partial charge in [0.1, 0.15) is 0 Å². The zero-order valence-corrected chi connectivity index (χ0v) is 13.1. The molecule has 0 aliphatic heterocycles. The number of hydrogen-bond acceptors (Lipinski definition) is 3. The fourth-order valence-corrected chi connectivity index (χ4v) is 1.84. The zero-order chi connectivity index (χ0) is 16.0. The molecule has 0 heterocycles. The molecule has 21 heavy (non-hydrogen) atoms. The molecule has 1 aromatic rings. The van der Waals surface area contributed by atoms with Gasteiger partial charge in [0.25, 0.3) is 0 Å². The third-order valence-electron chi connectivity index (χ3n) is 2.35. The lowest BCUT2D eigenvalue weighted by atomic mass is 10.2.